The summed E-state index contributed by atoms with van der Waals surface area (Å²) in [5.74, 6) is -1.06. The van der Waals surface area contributed by atoms with Gasteiger partial charge in [-0.1, -0.05) is 6.92 Å². The van der Waals surface area contributed by atoms with Gasteiger partial charge < -0.3 is 24.9 Å². The van der Waals surface area contributed by atoms with Gasteiger partial charge in [0.1, 0.15) is 12.4 Å². The number of ether oxygens (including phenoxy) is 1. The van der Waals surface area contributed by atoms with Crippen LogP contribution in [0.15, 0.2) is 0 Å². The van der Waals surface area contributed by atoms with E-state index in [0.29, 0.717) is 12.7 Å². The number of aldehydes is 1. The molecule has 0 amide bonds. The first-order valence-corrected chi connectivity index (χ1v) is 4.26. The smallest absolute Gasteiger partial charge is 0.167 e. The van der Waals surface area contributed by atoms with E-state index in [9.17, 15) is 20.1 Å². The number of hydrogen-bond acceptors (Lipinski definition) is 5. The Bertz CT molecular complexity index is 183. The lowest BCUT2D eigenvalue weighted by Gasteiger charge is -2.38. The summed E-state index contributed by atoms with van der Waals surface area (Å²) < 4.78 is 4.94. The Morgan fingerprint density at radius 1 is 1.31 bits per heavy atom. The van der Waals surface area contributed by atoms with Crippen LogP contribution in [0, 0.1) is 5.92 Å². The van der Waals surface area contributed by atoms with E-state index >= 15 is 0 Å². The predicted octanol–water partition coefficient (Wildman–Crippen LogP) is -1.35. The van der Waals surface area contributed by atoms with Crippen LogP contribution in [0.4, 0.5) is 0 Å². The number of aliphatic hydroxyl groups is 3. The van der Waals surface area contributed by atoms with Crippen LogP contribution >= 0.6 is 0 Å². The molecule has 0 saturated carbocycles. The molecule has 1 heterocycles. The minimum Gasteiger partial charge on any atom is -0.389 e. The predicted molar refractivity (Wildman–Crippen MR) is 42.7 cm³/mol. The number of aliphatic hydroxyl groups excluding tert-OH is 3. The Balaban J connectivity index is 2.72. The lowest BCUT2D eigenvalue weighted by Crippen LogP contribution is -2.54. The Hall–Kier alpha value is -0.490. The minimum atomic E-state index is -1.32. The van der Waals surface area contributed by atoms with Crippen LogP contribution in [0.3, 0.4) is 0 Å². The van der Waals surface area contributed by atoms with E-state index in [4.69, 9.17) is 4.74 Å². The zero-order valence-electron chi connectivity index (χ0n) is 7.33. The van der Waals surface area contributed by atoms with Crippen molar-refractivity contribution < 1.29 is 24.9 Å². The van der Waals surface area contributed by atoms with Crippen LogP contribution in [-0.2, 0) is 9.53 Å². The van der Waals surface area contributed by atoms with Gasteiger partial charge in [-0.15, -0.1) is 0 Å². The van der Waals surface area contributed by atoms with Gasteiger partial charge in [0.2, 0.25) is 0 Å². The molecule has 0 spiro atoms. The third-order valence-corrected chi connectivity index (χ3v) is 2.33. The zero-order chi connectivity index (χ0) is 10.0. The third kappa shape index (κ3) is 1.88. The maximum Gasteiger partial charge on any atom is 0.167 e. The van der Waals surface area contributed by atoms with Gasteiger partial charge >= 0.3 is 0 Å². The highest BCUT2D eigenvalue weighted by atomic mass is 16.6. The van der Waals surface area contributed by atoms with Gasteiger partial charge in [0.15, 0.2) is 6.29 Å². The van der Waals surface area contributed by atoms with E-state index in [1.165, 1.54) is 0 Å². The van der Waals surface area contributed by atoms with Gasteiger partial charge in [-0.05, 0) is 6.42 Å². The first kappa shape index (κ1) is 10.6. The molecule has 0 aromatic rings. The van der Waals surface area contributed by atoms with Crippen LogP contribution in [0.1, 0.15) is 13.3 Å². The molecule has 5 heteroatoms. The summed E-state index contributed by atoms with van der Waals surface area (Å²) in [6, 6.07) is 0. The van der Waals surface area contributed by atoms with Crippen molar-refractivity contribution in [2.75, 3.05) is 0 Å². The van der Waals surface area contributed by atoms with Crippen molar-refractivity contribution in [1.29, 1.82) is 0 Å². The number of carbonyl (C=O) groups is 1. The molecule has 5 nitrogen and oxygen atoms in total. The number of rotatable bonds is 2. The highest BCUT2D eigenvalue weighted by molar-refractivity contribution is 5.55. The summed E-state index contributed by atoms with van der Waals surface area (Å²) in [6.07, 6.45) is -3.41. The number of carbonyl (C=O) groups excluding carboxylic acids is 1. The van der Waals surface area contributed by atoms with Gasteiger partial charge in [-0.2, -0.15) is 0 Å². The first-order chi connectivity index (χ1) is 6.11. The van der Waals surface area contributed by atoms with Gasteiger partial charge in [-0.25, -0.2) is 0 Å². The fourth-order valence-corrected chi connectivity index (χ4v) is 1.45. The molecule has 1 unspecified atom stereocenters. The van der Waals surface area contributed by atoms with Crippen LogP contribution in [0.25, 0.3) is 0 Å². The van der Waals surface area contributed by atoms with Crippen molar-refractivity contribution in [1.82, 2.24) is 0 Å². The van der Waals surface area contributed by atoms with Crippen molar-refractivity contribution in [3.05, 3.63) is 0 Å². The Morgan fingerprint density at radius 2 is 1.92 bits per heavy atom. The normalized spacial score (nSPS) is 46.0. The summed E-state index contributed by atoms with van der Waals surface area (Å²) in [6.45, 7) is 1.76. The molecule has 1 aliphatic heterocycles. The van der Waals surface area contributed by atoms with E-state index in [2.05, 4.69) is 0 Å². The van der Waals surface area contributed by atoms with Crippen molar-refractivity contribution in [2.24, 2.45) is 5.92 Å². The van der Waals surface area contributed by atoms with Crippen LogP contribution in [0.5, 0.6) is 0 Å². The highest BCUT2D eigenvalue weighted by Crippen LogP contribution is 2.24. The summed E-state index contributed by atoms with van der Waals surface area (Å²) in [4.78, 5) is 10.4. The van der Waals surface area contributed by atoms with Crippen molar-refractivity contribution in [3.8, 4) is 0 Å². The van der Waals surface area contributed by atoms with Gasteiger partial charge in [0, 0.05) is 0 Å². The topological polar surface area (TPSA) is 87.0 Å². The molecule has 13 heavy (non-hydrogen) atoms. The molecule has 0 bridgehead atoms. The van der Waals surface area contributed by atoms with Crippen molar-refractivity contribution in [3.63, 3.8) is 0 Å². The summed E-state index contributed by atoms with van der Waals surface area (Å²) >= 11 is 0. The SMILES string of the molecule is CC[C@@H]1OC(O)[C@H](C=O)[C@@H](O)[C@H]1O. The molecular formula is C8H14O5. The molecule has 1 rings (SSSR count). The Kier molecular flexibility index (Phi) is 3.38. The quantitative estimate of drug-likeness (QED) is 0.469. The molecule has 0 aromatic heterocycles. The summed E-state index contributed by atoms with van der Waals surface area (Å²) in [7, 11) is 0. The Labute approximate surface area is 75.9 Å². The second-order valence-electron chi connectivity index (χ2n) is 3.17. The van der Waals surface area contributed by atoms with Crippen LogP contribution < -0.4 is 0 Å². The van der Waals surface area contributed by atoms with E-state index in [1.54, 1.807) is 6.92 Å². The summed E-state index contributed by atoms with van der Waals surface area (Å²) in [5, 5.41) is 28.0. The van der Waals surface area contributed by atoms with Crippen molar-refractivity contribution in [2.45, 2.75) is 37.9 Å². The lowest BCUT2D eigenvalue weighted by molar-refractivity contribution is -0.255. The molecule has 0 aromatic carbocycles. The fraction of sp³-hybridized carbons (Fsp3) is 0.875. The van der Waals surface area contributed by atoms with Crippen LogP contribution in [-0.4, -0.2) is 46.2 Å². The largest absolute Gasteiger partial charge is 0.389 e. The first-order valence-electron chi connectivity index (χ1n) is 4.26. The van der Waals surface area contributed by atoms with E-state index in [1.807, 2.05) is 0 Å². The third-order valence-electron chi connectivity index (χ3n) is 2.33. The monoisotopic (exact) mass is 190 g/mol. The average molecular weight is 190 g/mol. The molecule has 76 valence electrons. The lowest BCUT2D eigenvalue weighted by atomic mass is 9.91. The standard InChI is InChI=1S/C8H14O5/c1-2-5-7(11)6(10)4(3-9)8(12)13-5/h3-8,10-12H,2H2,1H3/t4-,5+,6-,7+,8?/m1/s1. The summed E-state index contributed by atoms with van der Waals surface area (Å²) in [5.41, 5.74) is 0. The van der Waals surface area contributed by atoms with Gasteiger partial charge in [-0.3, -0.25) is 0 Å². The maximum atomic E-state index is 10.4. The Morgan fingerprint density at radius 3 is 2.38 bits per heavy atom. The molecule has 0 radical (unpaired) electrons. The number of hydrogen-bond donors (Lipinski definition) is 3. The molecule has 3 N–H and O–H groups in total. The maximum absolute atomic E-state index is 10.4. The van der Waals surface area contributed by atoms with E-state index < -0.39 is 30.5 Å². The second kappa shape index (κ2) is 4.15. The van der Waals surface area contributed by atoms with E-state index in [-0.39, 0.29) is 0 Å². The minimum absolute atomic E-state index is 0.393. The molecular weight excluding hydrogens is 176 g/mol. The molecule has 1 saturated heterocycles. The van der Waals surface area contributed by atoms with Gasteiger partial charge in [0.25, 0.3) is 0 Å². The second-order valence-corrected chi connectivity index (χ2v) is 3.17. The van der Waals surface area contributed by atoms with Crippen molar-refractivity contribution >= 4 is 6.29 Å². The van der Waals surface area contributed by atoms with E-state index in [0.717, 1.165) is 0 Å². The molecule has 1 aliphatic rings. The zero-order valence-corrected chi connectivity index (χ0v) is 7.33. The van der Waals surface area contributed by atoms with Gasteiger partial charge in [0.05, 0.1) is 18.1 Å². The van der Waals surface area contributed by atoms with Crippen LogP contribution in [0.2, 0.25) is 0 Å². The average Bonchev–Trinajstić information content (AvgIpc) is 2.12. The molecule has 0 aliphatic carbocycles. The highest BCUT2D eigenvalue weighted by Gasteiger charge is 2.42. The molecule has 5 atom stereocenters. The molecule has 1 fully saturated rings. The fourth-order valence-electron chi connectivity index (χ4n) is 1.45.